The van der Waals surface area contributed by atoms with E-state index in [1.165, 1.54) is 16.7 Å². The van der Waals surface area contributed by atoms with Crippen LogP contribution < -0.4 is 4.74 Å². The van der Waals surface area contributed by atoms with E-state index in [1.807, 2.05) is 24.3 Å². The van der Waals surface area contributed by atoms with Crippen LogP contribution in [-0.4, -0.2) is 29.6 Å². The third-order valence-corrected chi connectivity index (χ3v) is 5.79. The Balaban J connectivity index is 1.75. The molecule has 0 unspecified atom stereocenters. The van der Waals surface area contributed by atoms with Crippen LogP contribution >= 0.6 is 0 Å². The number of hydrogen-bond acceptors (Lipinski definition) is 3. The number of nitrogens with zero attached hydrogens (tertiary/aromatic N) is 1. The fourth-order valence-corrected chi connectivity index (χ4v) is 3.97. The smallest absolute Gasteiger partial charge is 0.258 e. The maximum atomic E-state index is 13.0. The van der Waals surface area contributed by atoms with Crippen molar-refractivity contribution >= 4 is 5.91 Å². The lowest BCUT2D eigenvalue weighted by Gasteiger charge is -2.15. The number of methoxy groups -OCH3 is 1. The van der Waals surface area contributed by atoms with Crippen LogP contribution in [-0.2, 0) is 19.4 Å². The summed E-state index contributed by atoms with van der Waals surface area (Å²) in [6.45, 7) is 7.44. The van der Waals surface area contributed by atoms with Crippen molar-refractivity contribution in [1.29, 1.82) is 0 Å². The Bertz CT molecular complexity index is 985. The molecule has 0 spiro atoms. The van der Waals surface area contributed by atoms with Gasteiger partial charge in [0, 0.05) is 18.7 Å². The van der Waals surface area contributed by atoms with Crippen LogP contribution in [0.3, 0.4) is 0 Å². The van der Waals surface area contributed by atoms with Crippen LogP contribution in [0.2, 0.25) is 0 Å². The lowest BCUT2D eigenvalue weighted by Crippen LogP contribution is -2.26. The maximum Gasteiger partial charge on any atom is 0.258 e. The number of ether oxygens (including phenoxy) is 1. The number of phenols is 1. The summed E-state index contributed by atoms with van der Waals surface area (Å²) in [6.07, 6.45) is 7.67. The van der Waals surface area contributed by atoms with E-state index in [0.29, 0.717) is 36.4 Å². The Morgan fingerprint density at radius 3 is 2.58 bits per heavy atom. The molecule has 31 heavy (non-hydrogen) atoms. The van der Waals surface area contributed by atoms with Crippen LogP contribution in [0.4, 0.5) is 0 Å². The number of carbonyl (C=O) groups excluding carboxylic acids is 1. The molecule has 0 radical (unpaired) electrons. The van der Waals surface area contributed by atoms with Crippen LogP contribution in [0.15, 0.2) is 59.7 Å². The largest absolute Gasteiger partial charge is 0.507 e. The normalized spacial score (nSPS) is 13.4. The van der Waals surface area contributed by atoms with Gasteiger partial charge in [0.15, 0.2) is 0 Å². The zero-order valence-electron chi connectivity index (χ0n) is 19.1. The van der Waals surface area contributed by atoms with Crippen LogP contribution in [0.1, 0.15) is 60.7 Å². The van der Waals surface area contributed by atoms with Crippen molar-refractivity contribution < 1.29 is 14.6 Å². The number of allylic oxidation sites excluding steroid dienone is 4. The van der Waals surface area contributed by atoms with E-state index in [4.69, 9.17) is 4.74 Å². The summed E-state index contributed by atoms with van der Waals surface area (Å²) in [6, 6.07) is 12.1. The third kappa shape index (κ3) is 5.57. The number of aromatic hydroxyl groups is 1. The Kier molecular flexibility index (Phi) is 7.56. The molecule has 1 aliphatic heterocycles. The lowest BCUT2D eigenvalue weighted by molar-refractivity contribution is 0.0778. The standard InChI is InChI=1S/C27H33NO3/c1-19(2)9-8-10-20(3)13-14-23-24(31-4)17-22-18-28(27(30)25(22)26(23)29)16-15-21-11-6-5-7-12-21/h5-7,9,11-13,17,29H,8,10,14-16,18H2,1-4H3. The summed E-state index contributed by atoms with van der Waals surface area (Å²) < 4.78 is 5.57. The Morgan fingerprint density at radius 2 is 1.90 bits per heavy atom. The van der Waals surface area contributed by atoms with Crippen LogP contribution in [0, 0.1) is 0 Å². The third-order valence-electron chi connectivity index (χ3n) is 5.79. The average Bonchev–Trinajstić information content (AvgIpc) is 3.07. The number of fused-ring (bicyclic) bond motifs is 1. The fourth-order valence-electron chi connectivity index (χ4n) is 3.97. The Labute approximate surface area is 185 Å². The first-order valence-corrected chi connectivity index (χ1v) is 10.9. The van der Waals surface area contributed by atoms with Crippen molar-refractivity contribution in [2.45, 2.75) is 53.0 Å². The second-order valence-corrected chi connectivity index (χ2v) is 8.48. The van der Waals surface area contributed by atoms with E-state index in [0.717, 1.165) is 24.8 Å². The molecule has 4 heteroatoms. The quantitative estimate of drug-likeness (QED) is 0.520. The molecule has 1 aliphatic rings. The molecule has 0 aliphatic carbocycles. The number of benzene rings is 2. The molecule has 2 aromatic carbocycles. The fraction of sp³-hybridized carbons (Fsp3) is 0.370. The summed E-state index contributed by atoms with van der Waals surface area (Å²) in [7, 11) is 1.61. The van der Waals surface area contributed by atoms with Gasteiger partial charge in [0.25, 0.3) is 5.91 Å². The van der Waals surface area contributed by atoms with Crippen molar-refractivity contribution in [2.75, 3.05) is 13.7 Å². The molecule has 3 rings (SSSR count). The minimum absolute atomic E-state index is 0.0647. The molecule has 0 saturated heterocycles. The van der Waals surface area contributed by atoms with Crippen molar-refractivity contribution in [1.82, 2.24) is 4.90 Å². The highest BCUT2D eigenvalue weighted by Gasteiger charge is 2.32. The molecule has 4 nitrogen and oxygen atoms in total. The van der Waals surface area contributed by atoms with Crippen molar-refractivity contribution in [3.8, 4) is 11.5 Å². The monoisotopic (exact) mass is 419 g/mol. The molecule has 0 atom stereocenters. The molecular weight excluding hydrogens is 386 g/mol. The SMILES string of the molecule is COc1cc2c(c(O)c1CC=C(C)CCC=C(C)C)C(=O)N(CCc1ccccc1)C2. The van der Waals surface area contributed by atoms with E-state index in [1.54, 1.807) is 12.0 Å². The van der Waals surface area contributed by atoms with Gasteiger partial charge in [-0.15, -0.1) is 0 Å². The van der Waals surface area contributed by atoms with Crippen LogP contribution in [0.5, 0.6) is 11.5 Å². The summed E-state index contributed by atoms with van der Waals surface area (Å²) in [5, 5.41) is 11.0. The van der Waals surface area contributed by atoms with Gasteiger partial charge in [0.1, 0.15) is 11.5 Å². The molecule has 2 aromatic rings. The van der Waals surface area contributed by atoms with E-state index in [9.17, 15) is 9.90 Å². The van der Waals surface area contributed by atoms with Gasteiger partial charge in [-0.1, -0.05) is 53.6 Å². The molecule has 1 heterocycles. The predicted octanol–water partition coefficient (Wildman–Crippen LogP) is 5.83. The minimum atomic E-state index is -0.100. The second kappa shape index (κ2) is 10.3. The van der Waals surface area contributed by atoms with Crippen molar-refractivity contribution in [2.24, 2.45) is 0 Å². The first kappa shape index (κ1) is 22.7. The topological polar surface area (TPSA) is 49.8 Å². The first-order chi connectivity index (χ1) is 14.9. The Hall–Kier alpha value is -3.01. The molecule has 0 aromatic heterocycles. The summed E-state index contributed by atoms with van der Waals surface area (Å²) in [4.78, 5) is 14.8. The first-order valence-electron chi connectivity index (χ1n) is 10.9. The lowest BCUT2D eigenvalue weighted by atomic mass is 9.99. The minimum Gasteiger partial charge on any atom is -0.507 e. The number of carbonyl (C=O) groups is 1. The summed E-state index contributed by atoms with van der Waals surface area (Å²) in [5.74, 6) is 0.605. The zero-order valence-corrected chi connectivity index (χ0v) is 19.1. The number of amides is 1. The zero-order chi connectivity index (χ0) is 22.4. The molecule has 164 valence electrons. The highest BCUT2D eigenvalue weighted by Crippen LogP contribution is 2.39. The van der Waals surface area contributed by atoms with Gasteiger partial charge in [-0.3, -0.25) is 4.79 Å². The molecule has 1 amide bonds. The van der Waals surface area contributed by atoms with Crippen molar-refractivity contribution in [3.63, 3.8) is 0 Å². The highest BCUT2D eigenvalue weighted by atomic mass is 16.5. The van der Waals surface area contributed by atoms with Crippen LogP contribution in [0.25, 0.3) is 0 Å². The van der Waals surface area contributed by atoms with E-state index < -0.39 is 0 Å². The molecule has 0 bridgehead atoms. The molecule has 1 N–H and O–H groups in total. The van der Waals surface area contributed by atoms with E-state index >= 15 is 0 Å². The average molecular weight is 420 g/mol. The second-order valence-electron chi connectivity index (χ2n) is 8.48. The van der Waals surface area contributed by atoms with Gasteiger partial charge in [-0.2, -0.15) is 0 Å². The number of phenolic OH excluding ortho intramolecular Hbond substituents is 1. The van der Waals surface area contributed by atoms with Gasteiger partial charge < -0.3 is 14.7 Å². The van der Waals surface area contributed by atoms with E-state index in [2.05, 4.69) is 45.1 Å². The van der Waals surface area contributed by atoms with Gasteiger partial charge in [-0.25, -0.2) is 0 Å². The Morgan fingerprint density at radius 1 is 1.16 bits per heavy atom. The highest BCUT2D eigenvalue weighted by molar-refractivity contribution is 6.01. The van der Waals surface area contributed by atoms with Gasteiger partial charge in [0.2, 0.25) is 0 Å². The predicted molar refractivity (Wildman–Crippen MR) is 126 cm³/mol. The number of hydrogen-bond donors (Lipinski definition) is 1. The molecule has 0 fully saturated rings. The van der Waals surface area contributed by atoms with Gasteiger partial charge in [-0.05, 0) is 63.6 Å². The summed E-state index contributed by atoms with van der Waals surface area (Å²) >= 11 is 0. The number of rotatable bonds is 9. The summed E-state index contributed by atoms with van der Waals surface area (Å²) in [5.41, 5.74) is 5.72. The molecular formula is C27H33NO3. The molecule has 0 saturated carbocycles. The maximum absolute atomic E-state index is 13.0. The van der Waals surface area contributed by atoms with Gasteiger partial charge >= 0.3 is 0 Å². The van der Waals surface area contributed by atoms with E-state index in [-0.39, 0.29) is 11.7 Å². The van der Waals surface area contributed by atoms with Crippen molar-refractivity contribution in [3.05, 3.63) is 82.0 Å². The van der Waals surface area contributed by atoms with Gasteiger partial charge in [0.05, 0.1) is 12.7 Å².